The molecule has 0 aromatic heterocycles. The molecule has 2 aromatic rings. The predicted molar refractivity (Wildman–Crippen MR) is 106 cm³/mol. The van der Waals surface area contributed by atoms with Crippen molar-refractivity contribution in [2.75, 3.05) is 19.0 Å². The van der Waals surface area contributed by atoms with Crippen LogP contribution in [0.3, 0.4) is 0 Å². The first-order valence-electron chi connectivity index (χ1n) is 9.09. The van der Waals surface area contributed by atoms with Crippen LogP contribution in [-0.2, 0) is 6.42 Å². The van der Waals surface area contributed by atoms with Crippen LogP contribution in [0.4, 0.5) is 5.69 Å². The van der Waals surface area contributed by atoms with Crippen molar-refractivity contribution in [3.8, 4) is 0 Å². The van der Waals surface area contributed by atoms with E-state index in [1.165, 1.54) is 11.3 Å². The number of anilines is 1. The standard InChI is InChI=1S/C22H26ClNO/c1-24(2)21-13-5-17(6-14-21)15-16-3-7-18(8-4-16)22(25)19-9-11-20(23)12-10-19/h5-6,9-14,16,18H,3-4,7-8,15H2,1-2H3. The molecule has 0 amide bonds. The maximum atomic E-state index is 12.6. The Morgan fingerprint density at radius 2 is 1.56 bits per heavy atom. The number of carbonyl (C=O) groups excluding carboxylic acids is 1. The number of Topliss-reactive ketones (excluding diaryl/α,β-unsaturated/α-hetero) is 1. The summed E-state index contributed by atoms with van der Waals surface area (Å²) < 4.78 is 0. The summed E-state index contributed by atoms with van der Waals surface area (Å²) in [6, 6.07) is 16.2. The summed E-state index contributed by atoms with van der Waals surface area (Å²) in [6.07, 6.45) is 5.40. The lowest BCUT2D eigenvalue weighted by Gasteiger charge is -2.28. The van der Waals surface area contributed by atoms with Gasteiger partial charge in [0.15, 0.2) is 5.78 Å². The van der Waals surface area contributed by atoms with Gasteiger partial charge in [-0.15, -0.1) is 0 Å². The van der Waals surface area contributed by atoms with Gasteiger partial charge in [0.1, 0.15) is 0 Å². The van der Waals surface area contributed by atoms with Crippen LogP contribution in [-0.4, -0.2) is 19.9 Å². The van der Waals surface area contributed by atoms with E-state index in [2.05, 4.69) is 43.3 Å². The number of carbonyl (C=O) groups is 1. The molecular weight excluding hydrogens is 330 g/mol. The minimum Gasteiger partial charge on any atom is -0.378 e. The molecule has 0 radical (unpaired) electrons. The van der Waals surface area contributed by atoms with E-state index < -0.39 is 0 Å². The molecule has 0 atom stereocenters. The van der Waals surface area contributed by atoms with Crippen LogP contribution in [0.25, 0.3) is 0 Å². The molecule has 2 nitrogen and oxygen atoms in total. The third-order valence-corrected chi connectivity index (χ3v) is 5.58. The van der Waals surface area contributed by atoms with Crippen molar-refractivity contribution in [1.29, 1.82) is 0 Å². The van der Waals surface area contributed by atoms with E-state index in [4.69, 9.17) is 11.6 Å². The summed E-state index contributed by atoms with van der Waals surface area (Å²) in [5.74, 6) is 1.15. The molecule has 0 spiro atoms. The Balaban J connectivity index is 1.53. The van der Waals surface area contributed by atoms with Gasteiger partial charge in [-0.25, -0.2) is 0 Å². The van der Waals surface area contributed by atoms with Crippen LogP contribution in [0.2, 0.25) is 5.02 Å². The first-order chi connectivity index (χ1) is 12.0. The normalized spacial score (nSPS) is 20.3. The molecule has 1 fully saturated rings. The van der Waals surface area contributed by atoms with E-state index in [0.29, 0.717) is 10.9 Å². The minimum atomic E-state index is 0.175. The Hall–Kier alpha value is -1.80. The number of hydrogen-bond acceptors (Lipinski definition) is 2. The zero-order chi connectivity index (χ0) is 17.8. The van der Waals surface area contributed by atoms with Gasteiger partial charge in [-0.2, -0.15) is 0 Å². The van der Waals surface area contributed by atoms with E-state index >= 15 is 0 Å². The van der Waals surface area contributed by atoms with E-state index in [-0.39, 0.29) is 11.7 Å². The average molecular weight is 356 g/mol. The van der Waals surface area contributed by atoms with Crippen LogP contribution < -0.4 is 4.90 Å². The van der Waals surface area contributed by atoms with Gasteiger partial charge in [-0.3, -0.25) is 4.79 Å². The third-order valence-electron chi connectivity index (χ3n) is 5.32. The molecule has 0 unspecified atom stereocenters. The molecule has 0 saturated heterocycles. The Kier molecular flexibility index (Phi) is 5.80. The lowest BCUT2D eigenvalue weighted by atomic mass is 9.76. The van der Waals surface area contributed by atoms with Gasteiger partial charge < -0.3 is 4.90 Å². The van der Waals surface area contributed by atoms with Crippen LogP contribution in [0, 0.1) is 11.8 Å². The van der Waals surface area contributed by atoms with Crippen LogP contribution in [0.5, 0.6) is 0 Å². The fraction of sp³-hybridized carbons (Fsp3) is 0.409. The Morgan fingerprint density at radius 1 is 0.960 bits per heavy atom. The lowest BCUT2D eigenvalue weighted by Crippen LogP contribution is -2.23. The summed E-state index contributed by atoms with van der Waals surface area (Å²) in [6.45, 7) is 0. The van der Waals surface area contributed by atoms with Crippen LogP contribution in [0.1, 0.15) is 41.6 Å². The predicted octanol–water partition coefficient (Wildman–Crippen LogP) is 5.64. The fourth-order valence-corrected chi connectivity index (χ4v) is 3.87. The van der Waals surface area contributed by atoms with E-state index in [9.17, 15) is 4.79 Å². The zero-order valence-electron chi connectivity index (χ0n) is 15.0. The molecule has 25 heavy (non-hydrogen) atoms. The highest BCUT2D eigenvalue weighted by atomic mass is 35.5. The summed E-state index contributed by atoms with van der Waals surface area (Å²) in [5.41, 5.74) is 3.44. The van der Waals surface area contributed by atoms with E-state index in [0.717, 1.165) is 37.7 Å². The van der Waals surface area contributed by atoms with Crippen molar-refractivity contribution >= 4 is 23.1 Å². The second-order valence-corrected chi connectivity index (χ2v) is 7.79. The zero-order valence-corrected chi connectivity index (χ0v) is 15.8. The Labute approximate surface area is 155 Å². The summed E-state index contributed by atoms with van der Waals surface area (Å²) in [5, 5.41) is 0.681. The molecule has 0 N–H and O–H groups in total. The molecule has 1 aliphatic carbocycles. The topological polar surface area (TPSA) is 20.3 Å². The maximum Gasteiger partial charge on any atom is 0.165 e. The average Bonchev–Trinajstić information content (AvgIpc) is 2.63. The maximum absolute atomic E-state index is 12.6. The summed E-state index contributed by atoms with van der Waals surface area (Å²) >= 11 is 5.91. The van der Waals surface area contributed by atoms with Gasteiger partial charge in [0, 0.05) is 36.3 Å². The summed E-state index contributed by atoms with van der Waals surface area (Å²) in [7, 11) is 4.13. The highest BCUT2D eigenvalue weighted by Gasteiger charge is 2.27. The lowest BCUT2D eigenvalue weighted by molar-refractivity contribution is 0.0872. The van der Waals surface area contributed by atoms with Gasteiger partial charge in [0.25, 0.3) is 0 Å². The van der Waals surface area contributed by atoms with Gasteiger partial charge in [-0.1, -0.05) is 23.7 Å². The highest BCUT2D eigenvalue weighted by molar-refractivity contribution is 6.30. The van der Waals surface area contributed by atoms with Crippen LogP contribution in [0.15, 0.2) is 48.5 Å². The van der Waals surface area contributed by atoms with Crippen molar-refractivity contribution in [3.63, 3.8) is 0 Å². The Bertz CT molecular complexity index is 698. The largest absolute Gasteiger partial charge is 0.378 e. The second-order valence-electron chi connectivity index (χ2n) is 7.35. The Morgan fingerprint density at radius 3 is 2.12 bits per heavy atom. The molecule has 0 heterocycles. The van der Waals surface area contributed by atoms with E-state index in [1.54, 1.807) is 12.1 Å². The van der Waals surface area contributed by atoms with Gasteiger partial charge in [0.05, 0.1) is 0 Å². The molecule has 0 aliphatic heterocycles. The quantitative estimate of drug-likeness (QED) is 0.647. The molecule has 2 aromatic carbocycles. The first-order valence-corrected chi connectivity index (χ1v) is 9.47. The number of nitrogens with zero attached hydrogens (tertiary/aromatic N) is 1. The van der Waals surface area contributed by atoms with Crippen molar-refractivity contribution < 1.29 is 4.79 Å². The molecular formula is C22H26ClNO. The molecule has 1 aliphatic rings. The molecule has 132 valence electrons. The third kappa shape index (κ3) is 4.64. The molecule has 3 rings (SSSR count). The smallest absolute Gasteiger partial charge is 0.165 e. The monoisotopic (exact) mass is 355 g/mol. The number of rotatable bonds is 5. The first kappa shape index (κ1) is 18.0. The minimum absolute atomic E-state index is 0.175. The van der Waals surface area contributed by atoms with Crippen molar-refractivity contribution in [1.82, 2.24) is 0 Å². The number of ketones is 1. The number of halogens is 1. The van der Waals surface area contributed by atoms with Crippen molar-refractivity contribution in [3.05, 3.63) is 64.7 Å². The molecule has 1 saturated carbocycles. The van der Waals surface area contributed by atoms with E-state index in [1.807, 2.05) is 12.1 Å². The molecule has 3 heteroatoms. The van der Waals surface area contributed by atoms with Gasteiger partial charge >= 0.3 is 0 Å². The number of benzene rings is 2. The SMILES string of the molecule is CN(C)c1ccc(CC2CCC(C(=O)c3ccc(Cl)cc3)CC2)cc1. The van der Waals surface area contributed by atoms with Crippen molar-refractivity contribution in [2.24, 2.45) is 11.8 Å². The van der Waals surface area contributed by atoms with Crippen molar-refractivity contribution in [2.45, 2.75) is 32.1 Å². The van der Waals surface area contributed by atoms with Gasteiger partial charge in [-0.05, 0) is 80.0 Å². The highest BCUT2D eigenvalue weighted by Crippen LogP contribution is 2.33. The molecule has 0 bridgehead atoms. The summed E-state index contributed by atoms with van der Waals surface area (Å²) in [4.78, 5) is 14.8. The fourth-order valence-electron chi connectivity index (χ4n) is 3.74. The second kappa shape index (κ2) is 8.05. The number of hydrogen-bond donors (Lipinski definition) is 0. The van der Waals surface area contributed by atoms with Crippen LogP contribution >= 0.6 is 11.6 Å². The van der Waals surface area contributed by atoms with Gasteiger partial charge in [0.2, 0.25) is 0 Å².